The summed E-state index contributed by atoms with van der Waals surface area (Å²) in [4.78, 5) is 24.9. The van der Waals surface area contributed by atoms with Crippen molar-refractivity contribution in [3.05, 3.63) is 29.3 Å². The Morgan fingerprint density at radius 1 is 1.04 bits per heavy atom. The fourth-order valence-corrected chi connectivity index (χ4v) is 5.49. The molecule has 1 aromatic carbocycles. The number of hydrogen-bond acceptors (Lipinski definition) is 5. The second-order valence-electron chi connectivity index (χ2n) is 7.83. The number of hydrogen-bond donors (Lipinski definition) is 0. The second kappa shape index (κ2) is 6.16. The van der Waals surface area contributed by atoms with Gasteiger partial charge in [0.1, 0.15) is 0 Å². The lowest BCUT2D eigenvalue weighted by Crippen LogP contribution is -2.33. The molecule has 2 aliphatic carbocycles. The van der Waals surface area contributed by atoms with Crippen molar-refractivity contribution in [3.63, 3.8) is 0 Å². The van der Waals surface area contributed by atoms with Crippen molar-refractivity contribution in [1.29, 1.82) is 0 Å². The average Bonchev–Trinajstić information content (AvgIpc) is 3.04. The van der Waals surface area contributed by atoms with Gasteiger partial charge in [0, 0.05) is 0 Å². The average molecular weight is 377 g/mol. The SMILES string of the molecule is CC1Cc2cc(S(=O)(=O)ON3C(=O)C4CCCCC4C3=O)ccc2C1C. The van der Waals surface area contributed by atoms with Gasteiger partial charge in [0.2, 0.25) is 0 Å². The highest BCUT2D eigenvalue weighted by Crippen LogP contribution is 2.40. The molecule has 1 saturated heterocycles. The molecule has 1 aromatic rings. The smallest absolute Gasteiger partial charge is 0.272 e. The molecule has 2 amide bonds. The van der Waals surface area contributed by atoms with E-state index in [-0.39, 0.29) is 4.90 Å². The third-order valence-corrected chi connectivity index (χ3v) is 7.44. The molecule has 4 atom stereocenters. The van der Waals surface area contributed by atoms with E-state index in [0.717, 1.165) is 30.4 Å². The molecule has 140 valence electrons. The molecule has 2 fully saturated rings. The fraction of sp³-hybridized carbons (Fsp3) is 0.579. The summed E-state index contributed by atoms with van der Waals surface area (Å²) in [7, 11) is -4.22. The Morgan fingerprint density at radius 3 is 2.27 bits per heavy atom. The van der Waals surface area contributed by atoms with Crippen molar-refractivity contribution in [2.24, 2.45) is 17.8 Å². The van der Waals surface area contributed by atoms with Crippen molar-refractivity contribution in [2.75, 3.05) is 0 Å². The number of hydroxylamine groups is 2. The van der Waals surface area contributed by atoms with Gasteiger partial charge in [0.05, 0.1) is 16.7 Å². The molecule has 0 spiro atoms. The topological polar surface area (TPSA) is 80.8 Å². The van der Waals surface area contributed by atoms with Crippen LogP contribution in [0.4, 0.5) is 0 Å². The third-order valence-electron chi connectivity index (χ3n) is 6.26. The number of fused-ring (bicyclic) bond motifs is 2. The molecule has 0 bridgehead atoms. The first-order valence-corrected chi connectivity index (χ1v) is 10.7. The predicted molar refractivity (Wildman–Crippen MR) is 93.3 cm³/mol. The molecule has 26 heavy (non-hydrogen) atoms. The molecule has 7 heteroatoms. The van der Waals surface area contributed by atoms with Gasteiger partial charge in [-0.15, -0.1) is 9.35 Å². The summed E-state index contributed by atoms with van der Waals surface area (Å²) < 4.78 is 30.4. The zero-order valence-electron chi connectivity index (χ0n) is 15.0. The fourth-order valence-electron chi connectivity index (χ4n) is 4.54. The van der Waals surface area contributed by atoms with Crippen LogP contribution >= 0.6 is 0 Å². The van der Waals surface area contributed by atoms with Gasteiger partial charge in [-0.05, 0) is 54.4 Å². The summed E-state index contributed by atoms with van der Waals surface area (Å²) >= 11 is 0. The zero-order chi connectivity index (χ0) is 18.6. The van der Waals surface area contributed by atoms with Gasteiger partial charge in [-0.1, -0.05) is 32.8 Å². The maximum absolute atomic E-state index is 12.7. The molecular weight excluding hydrogens is 354 g/mol. The van der Waals surface area contributed by atoms with Gasteiger partial charge in [0.25, 0.3) is 11.8 Å². The van der Waals surface area contributed by atoms with E-state index >= 15 is 0 Å². The van der Waals surface area contributed by atoms with Gasteiger partial charge in [-0.2, -0.15) is 8.42 Å². The largest absolute Gasteiger partial charge is 0.318 e. The first-order chi connectivity index (χ1) is 12.3. The Morgan fingerprint density at radius 2 is 1.65 bits per heavy atom. The highest BCUT2D eigenvalue weighted by atomic mass is 32.2. The van der Waals surface area contributed by atoms with Crippen molar-refractivity contribution < 1.29 is 22.3 Å². The van der Waals surface area contributed by atoms with Crippen LogP contribution in [0.3, 0.4) is 0 Å². The minimum Gasteiger partial charge on any atom is -0.272 e. The minimum atomic E-state index is -4.22. The lowest BCUT2D eigenvalue weighted by molar-refractivity contribution is -0.165. The molecule has 1 heterocycles. The van der Waals surface area contributed by atoms with Crippen molar-refractivity contribution in [3.8, 4) is 0 Å². The Kier molecular flexibility index (Phi) is 4.19. The number of carbonyl (C=O) groups excluding carboxylic acids is 2. The summed E-state index contributed by atoms with van der Waals surface area (Å²) in [5.74, 6) is -1.08. The van der Waals surface area contributed by atoms with Crippen LogP contribution < -0.4 is 0 Å². The Hall–Kier alpha value is -1.73. The maximum atomic E-state index is 12.7. The third kappa shape index (κ3) is 2.68. The molecule has 3 aliphatic rings. The lowest BCUT2D eigenvalue weighted by atomic mass is 9.81. The first-order valence-electron chi connectivity index (χ1n) is 9.25. The lowest BCUT2D eigenvalue weighted by Gasteiger charge is -2.19. The van der Waals surface area contributed by atoms with Crippen LogP contribution in [0.5, 0.6) is 0 Å². The quantitative estimate of drug-likeness (QED) is 0.757. The standard InChI is InChI=1S/C19H23NO5S/c1-11-9-13-10-14(7-8-15(13)12(11)2)26(23,24)25-20-18(21)16-5-3-4-6-17(16)19(20)22/h7-8,10-12,16-17H,3-6,9H2,1-2H3. The van der Waals surface area contributed by atoms with E-state index in [9.17, 15) is 18.0 Å². The van der Waals surface area contributed by atoms with E-state index in [2.05, 4.69) is 13.8 Å². The van der Waals surface area contributed by atoms with Crippen LogP contribution in [0.25, 0.3) is 0 Å². The molecule has 4 unspecified atom stereocenters. The van der Waals surface area contributed by atoms with Crippen LogP contribution in [-0.4, -0.2) is 25.3 Å². The minimum absolute atomic E-state index is 0.00646. The van der Waals surface area contributed by atoms with Crippen molar-refractivity contribution >= 4 is 21.9 Å². The van der Waals surface area contributed by atoms with E-state index in [4.69, 9.17) is 4.28 Å². The normalized spacial score (nSPS) is 31.2. The number of amides is 2. The molecule has 0 aromatic heterocycles. The van der Waals surface area contributed by atoms with E-state index < -0.39 is 33.8 Å². The van der Waals surface area contributed by atoms with Crippen LogP contribution in [0.1, 0.15) is 56.6 Å². The summed E-state index contributed by atoms with van der Waals surface area (Å²) in [6, 6.07) is 4.93. The molecule has 6 nitrogen and oxygen atoms in total. The van der Waals surface area contributed by atoms with E-state index in [1.54, 1.807) is 6.07 Å². The summed E-state index contributed by atoms with van der Waals surface area (Å²) in [6.07, 6.45) is 3.79. The highest BCUT2D eigenvalue weighted by Gasteiger charge is 2.51. The number of benzene rings is 1. The molecule has 0 N–H and O–H groups in total. The summed E-state index contributed by atoms with van der Waals surface area (Å²) in [6.45, 7) is 4.27. The number of carbonyl (C=O) groups is 2. The number of rotatable bonds is 3. The Balaban J connectivity index is 1.59. The predicted octanol–water partition coefficient (Wildman–Crippen LogP) is 2.78. The maximum Gasteiger partial charge on any atom is 0.318 e. The molecular formula is C19H23NO5S. The molecule has 1 aliphatic heterocycles. The molecule has 0 radical (unpaired) electrons. The van der Waals surface area contributed by atoms with E-state index in [1.807, 2.05) is 6.07 Å². The highest BCUT2D eigenvalue weighted by molar-refractivity contribution is 7.86. The molecule has 1 saturated carbocycles. The molecule has 4 rings (SSSR count). The zero-order valence-corrected chi connectivity index (χ0v) is 15.8. The first kappa shape index (κ1) is 17.7. The number of imide groups is 1. The van der Waals surface area contributed by atoms with E-state index in [0.29, 0.717) is 29.7 Å². The monoisotopic (exact) mass is 377 g/mol. The van der Waals surface area contributed by atoms with Crippen molar-refractivity contribution in [2.45, 2.75) is 56.8 Å². The summed E-state index contributed by atoms with van der Waals surface area (Å²) in [5, 5.41) is 0.495. The van der Waals surface area contributed by atoms with Crippen LogP contribution in [0, 0.1) is 17.8 Å². The Bertz CT molecular complexity index is 854. The second-order valence-corrected chi connectivity index (χ2v) is 9.36. The van der Waals surface area contributed by atoms with Gasteiger partial charge in [0.15, 0.2) is 0 Å². The van der Waals surface area contributed by atoms with Gasteiger partial charge < -0.3 is 0 Å². The van der Waals surface area contributed by atoms with Crippen LogP contribution in [0.2, 0.25) is 0 Å². The van der Waals surface area contributed by atoms with Crippen LogP contribution in [-0.2, 0) is 30.4 Å². The summed E-state index contributed by atoms with van der Waals surface area (Å²) in [5.41, 5.74) is 2.14. The van der Waals surface area contributed by atoms with Gasteiger partial charge in [-0.25, -0.2) is 0 Å². The van der Waals surface area contributed by atoms with E-state index in [1.165, 1.54) is 6.07 Å². The number of nitrogens with zero attached hydrogens (tertiary/aromatic N) is 1. The Labute approximate surface area is 153 Å². The van der Waals surface area contributed by atoms with Crippen LogP contribution in [0.15, 0.2) is 23.1 Å². The van der Waals surface area contributed by atoms with Gasteiger partial charge in [-0.3, -0.25) is 9.59 Å². The van der Waals surface area contributed by atoms with Crippen molar-refractivity contribution in [1.82, 2.24) is 5.06 Å². The van der Waals surface area contributed by atoms with Gasteiger partial charge >= 0.3 is 10.1 Å².